The van der Waals surface area contributed by atoms with Crippen LogP contribution in [0.15, 0.2) is 10.9 Å². The maximum Gasteiger partial charge on any atom is 0.223 e. The fourth-order valence-corrected chi connectivity index (χ4v) is 2.77. The Labute approximate surface area is 124 Å². The van der Waals surface area contributed by atoms with Gasteiger partial charge in [0.25, 0.3) is 0 Å². The molecule has 0 spiro atoms. The lowest BCUT2D eigenvalue weighted by atomic mass is 10.0. The zero-order chi connectivity index (χ0) is 15.6. The standard InChI is InChI=1S/C15H24N2O4/c1-15(2,3)17-11(10-18)8-13(19)14(20)12(17)9-16-4-6-21-7-5-16/h8,18,20H,4-7,9-10H2,1-3H3. The molecule has 6 heteroatoms. The Morgan fingerprint density at radius 2 is 1.90 bits per heavy atom. The molecule has 1 saturated heterocycles. The zero-order valence-corrected chi connectivity index (χ0v) is 12.9. The van der Waals surface area contributed by atoms with Gasteiger partial charge in [-0.15, -0.1) is 0 Å². The van der Waals surface area contributed by atoms with E-state index in [9.17, 15) is 15.0 Å². The number of rotatable bonds is 3. The lowest BCUT2D eigenvalue weighted by molar-refractivity contribution is 0.0320. The van der Waals surface area contributed by atoms with Gasteiger partial charge in [0.05, 0.1) is 25.5 Å². The summed E-state index contributed by atoms with van der Waals surface area (Å²) in [5, 5.41) is 19.8. The van der Waals surface area contributed by atoms with Gasteiger partial charge in [-0.2, -0.15) is 0 Å². The molecule has 6 nitrogen and oxygen atoms in total. The topological polar surface area (TPSA) is 74.9 Å². The summed E-state index contributed by atoms with van der Waals surface area (Å²) >= 11 is 0. The minimum Gasteiger partial charge on any atom is -0.503 e. The largest absolute Gasteiger partial charge is 0.503 e. The second kappa shape index (κ2) is 6.17. The van der Waals surface area contributed by atoms with E-state index in [2.05, 4.69) is 4.90 Å². The monoisotopic (exact) mass is 296 g/mol. The Balaban J connectivity index is 2.50. The summed E-state index contributed by atoms with van der Waals surface area (Å²) in [4.78, 5) is 14.1. The predicted octanol–water partition coefficient (Wildman–Crippen LogP) is 0.633. The van der Waals surface area contributed by atoms with E-state index in [1.54, 1.807) is 0 Å². The second-order valence-electron chi connectivity index (χ2n) is 6.35. The van der Waals surface area contributed by atoms with Gasteiger partial charge in [0.1, 0.15) is 0 Å². The molecule has 2 N–H and O–H groups in total. The van der Waals surface area contributed by atoms with Crippen molar-refractivity contribution in [1.82, 2.24) is 9.47 Å². The van der Waals surface area contributed by atoms with Crippen LogP contribution in [-0.2, 0) is 23.4 Å². The average molecular weight is 296 g/mol. The number of morpholine rings is 1. The maximum atomic E-state index is 11.9. The van der Waals surface area contributed by atoms with Crippen molar-refractivity contribution in [2.45, 2.75) is 39.5 Å². The SMILES string of the molecule is CC(C)(C)n1c(CO)cc(=O)c(O)c1CN1CCOCC1. The Morgan fingerprint density at radius 1 is 1.29 bits per heavy atom. The number of pyridine rings is 1. The first-order valence-electron chi connectivity index (χ1n) is 7.23. The van der Waals surface area contributed by atoms with Gasteiger partial charge in [-0.3, -0.25) is 9.69 Å². The van der Waals surface area contributed by atoms with E-state index in [0.717, 1.165) is 13.1 Å². The molecule has 0 aliphatic carbocycles. The lowest BCUT2D eigenvalue weighted by Crippen LogP contribution is -2.39. The van der Waals surface area contributed by atoms with Crippen molar-refractivity contribution in [3.8, 4) is 5.75 Å². The smallest absolute Gasteiger partial charge is 0.223 e. The predicted molar refractivity (Wildman–Crippen MR) is 79.4 cm³/mol. The van der Waals surface area contributed by atoms with Gasteiger partial charge in [-0.1, -0.05) is 0 Å². The highest BCUT2D eigenvalue weighted by molar-refractivity contribution is 5.31. The van der Waals surface area contributed by atoms with Crippen LogP contribution in [0.5, 0.6) is 5.75 Å². The van der Waals surface area contributed by atoms with E-state index in [1.165, 1.54) is 6.07 Å². The minimum atomic E-state index is -0.442. The number of aromatic hydroxyl groups is 1. The van der Waals surface area contributed by atoms with Crippen LogP contribution in [0.4, 0.5) is 0 Å². The molecule has 1 aliphatic heterocycles. The molecule has 2 heterocycles. The fraction of sp³-hybridized carbons (Fsp3) is 0.667. The molecule has 21 heavy (non-hydrogen) atoms. The first kappa shape index (κ1) is 16.0. The van der Waals surface area contributed by atoms with Gasteiger partial charge >= 0.3 is 0 Å². The fourth-order valence-electron chi connectivity index (χ4n) is 2.77. The van der Waals surface area contributed by atoms with Crippen LogP contribution in [0, 0.1) is 0 Å². The highest BCUT2D eigenvalue weighted by Crippen LogP contribution is 2.25. The molecule has 1 fully saturated rings. The Kier molecular flexibility index (Phi) is 4.70. The van der Waals surface area contributed by atoms with Crippen LogP contribution in [0.1, 0.15) is 32.2 Å². The summed E-state index contributed by atoms with van der Waals surface area (Å²) in [5.74, 6) is -0.228. The van der Waals surface area contributed by atoms with Crippen molar-refractivity contribution >= 4 is 0 Å². The second-order valence-corrected chi connectivity index (χ2v) is 6.35. The van der Waals surface area contributed by atoms with Gasteiger partial charge in [-0.25, -0.2) is 0 Å². The molecule has 0 amide bonds. The molecule has 0 bridgehead atoms. The highest BCUT2D eigenvalue weighted by atomic mass is 16.5. The number of aliphatic hydroxyl groups is 1. The van der Waals surface area contributed by atoms with Crippen LogP contribution in [0.3, 0.4) is 0 Å². The third kappa shape index (κ3) is 3.45. The van der Waals surface area contributed by atoms with E-state index in [0.29, 0.717) is 31.1 Å². The number of aliphatic hydroxyl groups excluding tert-OH is 1. The number of ether oxygens (including phenoxy) is 1. The molecule has 0 radical (unpaired) electrons. The van der Waals surface area contributed by atoms with E-state index < -0.39 is 5.43 Å². The zero-order valence-electron chi connectivity index (χ0n) is 12.9. The first-order chi connectivity index (χ1) is 9.84. The molecule has 0 unspecified atom stereocenters. The van der Waals surface area contributed by atoms with Gasteiger partial charge in [0, 0.05) is 36.9 Å². The number of nitrogens with zero attached hydrogens (tertiary/aromatic N) is 2. The molecule has 0 saturated carbocycles. The van der Waals surface area contributed by atoms with Crippen molar-refractivity contribution in [3.63, 3.8) is 0 Å². The molecule has 1 aromatic heterocycles. The lowest BCUT2D eigenvalue weighted by Gasteiger charge is -2.34. The molecule has 0 aromatic carbocycles. The summed E-state index contributed by atoms with van der Waals surface area (Å²) < 4.78 is 7.18. The van der Waals surface area contributed by atoms with E-state index in [-0.39, 0.29) is 17.9 Å². The van der Waals surface area contributed by atoms with Crippen molar-refractivity contribution < 1.29 is 14.9 Å². The quantitative estimate of drug-likeness (QED) is 0.856. The highest BCUT2D eigenvalue weighted by Gasteiger charge is 2.25. The Bertz CT molecular complexity index is 554. The van der Waals surface area contributed by atoms with Gasteiger partial charge < -0.3 is 19.5 Å². The number of hydrogen-bond donors (Lipinski definition) is 2. The Hall–Kier alpha value is -1.37. The van der Waals surface area contributed by atoms with Crippen LogP contribution >= 0.6 is 0 Å². The van der Waals surface area contributed by atoms with E-state index >= 15 is 0 Å². The van der Waals surface area contributed by atoms with Crippen LogP contribution in [0.2, 0.25) is 0 Å². The van der Waals surface area contributed by atoms with Gasteiger partial charge in [-0.05, 0) is 20.8 Å². The molecular weight excluding hydrogens is 272 g/mol. The molecule has 1 aromatic rings. The third-order valence-electron chi connectivity index (χ3n) is 3.67. The molecule has 0 atom stereocenters. The van der Waals surface area contributed by atoms with Crippen molar-refractivity contribution in [2.24, 2.45) is 0 Å². The summed E-state index contributed by atoms with van der Waals surface area (Å²) in [6.45, 7) is 9.03. The van der Waals surface area contributed by atoms with Gasteiger partial charge in [0.15, 0.2) is 5.75 Å². The van der Waals surface area contributed by atoms with E-state index in [4.69, 9.17) is 4.74 Å². The van der Waals surface area contributed by atoms with Crippen LogP contribution in [-0.4, -0.2) is 46.0 Å². The van der Waals surface area contributed by atoms with Crippen molar-refractivity contribution in [2.75, 3.05) is 26.3 Å². The maximum absolute atomic E-state index is 11.9. The average Bonchev–Trinajstić information content (AvgIpc) is 2.43. The Morgan fingerprint density at radius 3 is 2.43 bits per heavy atom. The van der Waals surface area contributed by atoms with Crippen molar-refractivity contribution in [3.05, 3.63) is 27.7 Å². The van der Waals surface area contributed by atoms with Gasteiger partial charge in [0.2, 0.25) is 5.43 Å². The molecule has 1 aliphatic rings. The summed E-state index contributed by atoms with van der Waals surface area (Å²) in [7, 11) is 0. The van der Waals surface area contributed by atoms with E-state index in [1.807, 2.05) is 25.3 Å². The summed E-state index contributed by atoms with van der Waals surface area (Å²) in [6.07, 6.45) is 0. The number of aromatic nitrogens is 1. The third-order valence-corrected chi connectivity index (χ3v) is 3.67. The molecular formula is C15H24N2O4. The number of hydrogen-bond acceptors (Lipinski definition) is 5. The van der Waals surface area contributed by atoms with Crippen LogP contribution < -0.4 is 5.43 Å². The van der Waals surface area contributed by atoms with Crippen molar-refractivity contribution in [1.29, 1.82) is 0 Å². The molecule has 118 valence electrons. The first-order valence-corrected chi connectivity index (χ1v) is 7.23. The van der Waals surface area contributed by atoms with Crippen LogP contribution in [0.25, 0.3) is 0 Å². The minimum absolute atomic E-state index is 0.228. The summed E-state index contributed by atoms with van der Waals surface area (Å²) in [6, 6.07) is 1.31. The summed E-state index contributed by atoms with van der Waals surface area (Å²) in [5.41, 5.74) is 0.294. The molecule has 2 rings (SSSR count). The normalized spacial score (nSPS) is 17.1.